The van der Waals surface area contributed by atoms with E-state index in [1.54, 1.807) is 21.1 Å². The van der Waals surface area contributed by atoms with E-state index in [4.69, 9.17) is 4.74 Å². The van der Waals surface area contributed by atoms with Gasteiger partial charge in [0.2, 0.25) is 5.00 Å². The quantitative estimate of drug-likeness (QED) is 0.809. The monoisotopic (exact) mass is 303 g/mol. The zero-order valence-corrected chi connectivity index (χ0v) is 13.7. The highest BCUT2D eigenvalue weighted by atomic mass is 32.2. The summed E-state index contributed by atoms with van der Waals surface area (Å²) >= 11 is 0. The van der Waals surface area contributed by atoms with E-state index in [1.165, 1.54) is 11.7 Å². The number of aryl methyl sites for hydroxylation is 2. The fraction of sp³-hybridized carbons (Fsp3) is 0.692. The van der Waals surface area contributed by atoms with Gasteiger partial charge < -0.3 is 4.74 Å². The zero-order valence-electron chi connectivity index (χ0n) is 12.9. The number of hydrogen-bond acceptors (Lipinski definition) is 4. The molecule has 1 heterocycles. The zero-order chi connectivity index (χ0) is 15.7. The van der Waals surface area contributed by atoms with Gasteiger partial charge in [-0.3, -0.25) is 4.21 Å². The average Bonchev–Trinajstić information content (AvgIpc) is 2.67. The predicted octanol–water partition coefficient (Wildman–Crippen LogP) is 2.34. The van der Waals surface area contributed by atoms with Crippen molar-refractivity contribution in [1.29, 1.82) is 0 Å². The van der Waals surface area contributed by atoms with Crippen LogP contribution in [0, 0.1) is 6.92 Å². The van der Waals surface area contributed by atoms with E-state index in [0.717, 1.165) is 0 Å². The Morgan fingerprint density at radius 2 is 2.00 bits per heavy atom. The second-order valence-corrected chi connectivity index (χ2v) is 7.37. The van der Waals surface area contributed by atoms with Gasteiger partial charge in [0, 0.05) is 25.5 Å². The number of aromatic nitrogens is 3. The molecule has 0 aliphatic carbocycles. The molecule has 7 heteroatoms. The molecular weight excluding hydrogens is 281 g/mol. The number of alkyl halides is 1. The summed E-state index contributed by atoms with van der Waals surface area (Å²) in [4.78, 5) is 1.55. The second kappa shape index (κ2) is 5.73. The van der Waals surface area contributed by atoms with Crippen molar-refractivity contribution in [3.05, 3.63) is 22.9 Å². The van der Waals surface area contributed by atoms with Crippen molar-refractivity contribution in [2.75, 3.05) is 7.11 Å². The maximum Gasteiger partial charge on any atom is 0.231 e. The van der Waals surface area contributed by atoms with Crippen LogP contribution in [0.15, 0.2) is 11.5 Å². The van der Waals surface area contributed by atoms with Crippen molar-refractivity contribution in [3.63, 3.8) is 0 Å². The van der Waals surface area contributed by atoms with E-state index in [1.807, 2.05) is 13.8 Å². The first-order chi connectivity index (χ1) is 9.01. The Morgan fingerprint density at radius 3 is 2.40 bits per heavy atom. The molecule has 20 heavy (non-hydrogen) atoms. The number of nitrogens with zero attached hydrogens (tertiary/aromatic N) is 3. The first-order valence-corrected chi connectivity index (χ1v) is 7.38. The number of methoxy groups -OCH3 is 1. The summed E-state index contributed by atoms with van der Waals surface area (Å²) < 4.78 is 32.6. The van der Waals surface area contributed by atoms with Crippen LogP contribution >= 0.6 is 0 Å². The Hall–Kier alpha value is -1.08. The number of halogens is 1. The fourth-order valence-electron chi connectivity index (χ4n) is 1.89. The summed E-state index contributed by atoms with van der Waals surface area (Å²) in [7, 11) is 1.22. The van der Waals surface area contributed by atoms with Crippen LogP contribution in [0.2, 0.25) is 0 Å². The predicted molar refractivity (Wildman–Crippen MR) is 77.2 cm³/mol. The normalized spacial score (nSPS) is 16.8. The molecule has 2 atom stereocenters. The lowest BCUT2D eigenvalue weighted by molar-refractivity contribution is 0.0246. The van der Waals surface area contributed by atoms with E-state index in [-0.39, 0.29) is 10.6 Å². The molecule has 0 saturated heterocycles. The molecule has 1 aromatic rings. The molecule has 2 unspecified atom stereocenters. The summed E-state index contributed by atoms with van der Waals surface area (Å²) in [5.74, 6) is 0. The summed E-state index contributed by atoms with van der Waals surface area (Å²) in [6.07, 6.45) is 0.301. The van der Waals surface area contributed by atoms with Crippen LogP contribution in [0.3, 0.4) is 0 Å². The van der Waals surface area contributed by atoms with E-state index in [9.17, 15) is 8.60 Å². The van der Waals surface area contributed by atoms with Crippen molar-refractivity contribution in [1.82, 2.24) is 15.0 Å². The molecule has 0 bridgehead atoms. The molecule has 0 N–H and O–H groups in total. The van der Waals surface area contributed by atoms with Crippen LogP contribution in [-0.2, 0) is 27.6 Å². The van der Waals surface area contributed by atoms with Crippen LogP contribution in [0.25, 0.3) is 0 Å². The van der Waals surface area contributed by atoms with Crippen molar-refractivity contribution in [2.45, 2.75) is 44.7 Å². The summed E-state index contributed by atoms with van der Waals surface area (Å²) in [5.41, 5.74) is -0.0420. The van der Waals surface area contributed by atoms with Crippen molar-refractivity contribution in [2.24, 2.45) is 7.05 Å². The SMILES string of the molecule is C=C(CC(C)(C)OC)S(=O)C(C)(F)c1nn(C)nc1C. The highest BCUT2D eigenvalue weighted by Gasteiger charge is 2.40. The molecule has 1 rings (SSSR count). The molecule has 114 valence electrons. The first kappa shape index (κ1) is 17.0. The Bertz CT molecular complexity index is 538. The third-order valence-electron chi connectivity index (χ3n) is 3.09. The molecule has 0 spiro atoms. The van der Waals surface area contributed by atoms with Gasteiger partial charge in [-0.1, -0.05) is 6.58 Å². The molecule has 0 saturated carbocycles. The number of ether oxygens (including phenoxy) is 1. The second-order valence-electron chi connectivity index (χ2n) is 5.49. The maximum absolute atomic E-state index is 14.9. The lowest BCUT2D eigenvalue weighted by Gasteiger charge is -2.26. The minimum Gasteiger partial charge on any atom is -0.378 e. The molecule has 0 radical (unpaired) electrons. The molecule has 5 nitrogen and oxygen atoms in total. The third kappa shape index (κ3) is 3.52. The van der Waals surface area contributed by atoms with E-state index in [2.05, 4.69) is 16.8 Å². The van der Waals surface area contributed by atoms with Gasteiger partial charge in [-0.05, 0) is 27.7 Å². The van der Waals surface area contributed by atoms with Gasteiger partial charge in [0.25, 0.3) is 0 Å². The van der Waals surface area contributed by atoms with Gasteiger partial charge in [-0.15, -0.1) is 0 Å². The van der Waals surface area contributed by atoms with Crippen LogP contribution in [0.5, 0.6) is 0 Å². The van der Waals surface area contributed by atoms with Gasteiger partial charge in [0.05, 0.1) is 22.1 Å². The maximum atomic E-state index is 14.9. The number of hydrogen-bond donors (Lipinski definition) is 0. The molecule has 0 aromatic carbocycles. The molecule has 1 aromatic heterocycles. The smallest absolute Gasteiger partial charge is 0.231 e. The first-order valence-electron chi connectivity index (χ1n) is 6.23. The fourth-order valence-corrected chi connectivity index (χ4v) is 3.27. The Morgan fingerprint density at radius 1 is 1.45 bits per heavy atom. The standard InChI is InChI=1S/C13H22FN3O2S/c1-9(8-12(3,4)19-7)20(18)13(5,14)11-10(2)15-17(6)16-11/h1,8H2,2-7H3. The largest absolute Gasteiger partial charge is 0.378 e. The Labute approximate surface area is 121 Å². The molecule has 0 fully saturated rings. The molecule has 0 amide bonds. The third-order valence-corrected chi connectivity index (χ3v) is 4.65. The summed E-state index contributed by atoms with van der Waals surface area (Å²) in [6.45, 7) is 10.3. The molecule has 0 aliphatic rings. The lowest BCUT2D eigenvalue weighted by atomic mass is 10.1. The molecule has 0 aliphatic heterocycles. The summed E-state index contributed by atoms with van der Waals surface area (Å²) in [6, 6.07) is 0. The van der Waals surface area contributed by atoms with Crippen molar-refractivity contribution in [3.8, 4) is 0 Å². The van der Waals surface area contributed by atoms with Crippen molar-refractivity contribution < 1.29 is 13.3 Å². The van der Waals surface area contributed by atoms with E-state index < -0.39 is 21.4 Å². The Balaban J connectivity index is 3.01. The van der Waals surface area contributed by atoms with E-state index in [0.29, 0.717) is 12.1 Å². The number of rotatable bonds is 6. The minimum atomic E-state index is -2.13. The minimum absolute atomic E-state index is 0.0784. The van der Waals surface area contributed by atoms with E-state index >= 15 is 0 Å². The van der Waals surface area contributed by atoms with Crippen molar-refractivity contribution >= 4 is 10.8 Å². The van der Waals surface area contributed by atoms with Gasteiger partial charge >= 0.3 is 0 Å². The summed E-state index contributed by atoms with van der Waals surface area (Å²) in [5, 5.41) is 5.83. The lowest BCUT2D eigenvalue weighted by Crippen LogP contribution is -2.29. The topological polar surface area (TPSA) is 57.0 Å². The highest BCUT2D eigenvalue weighted by Crippen LogP contribution is 2.35. The van der Waals surface area contributed by atoms with Crippen LogP contribution in [0.4, 0.5) is 4.39 Å². The van der Waals surface area contributed by atoms with Gasteiger partial charge in [-0.2, -0.15) is 15.0 Å². The van der Waals surface area contributed by atoms with Gasteiger partial charge in [-0.25, -0.2) is 4.39 Å². The molecular formula is C13H22FN3O2S. The van der Waals surface area contributed by atoms with Crippen LogP contribution in [-0.4, -0.2) is 31.9 Å². The van der Waals surface area contributed by atoms with Gasteiger partial charge in [0.1, 0.15) is 5.69 Å². The van der Waals surface area contributed by atoms with Crippen LogP contribution in [0.1, 0.15) is 38.6 Å². The Kier molecular flexibility index (Phi) is 4.86. The van der Waals surface area contributed by atoms with Gasteiger partial charge in [0.15, 0.2) is 0 Å². The average molecular weight is 303 g/mol. The highest BCUT2D eigenvalue weighted by molar-refractivity contribution is 7.89. The van der Waals surface area contributed by atoms with Crippen LogP contribution < -0.4 is 0 Å².